The first-order chi connectivity index (χ1) is 12.2. The van der Waals surface area contributed by atoms with E-state index < -0.39 is 10.1 Å². The molecule has 0 unspecified atom stereocenters. The number of thiophene rings is 1. The van der Waals surface area contributed by atoms with E-state index in [1.807, 2.05) is 20.8 Å². The third-order valence-electron chi connectivity index (χ3n) is 3.60. The van der Waals surface area contributed by atoms with Gasteiger partial charge in [-0.1, -0.05) is 18.2 Å². The molecule has 0 saturated carbocycles. The largest absolute Gasteiger partial charge is 0.378 e. The normalized spacial score (nSPS) is 12.1. The van der Waals surface area contributed by atoms with E-state index in [9.17, 15) is 13.2 Å². The number of para-hydroxylation sites is 1. The van der Waals surface area contributed by atoms with E-state index in [1.165, 1.54) is 24.4 Å². The maximum Gasteiger partial charge on any atom is 0.348 e. The number of carbonyl (C=O) groups excluding carboxylic acids is 1. The second-order valence-corrected chi connectivity index (χ2v) is 9.36. The molecule has 0 N–H and O–H groups in total. The molecule has 1 aromatic carbocycles. The van der Waals surface area contributed by atoms with Crippen LogP contribution in [0.4, 0.5) is 0 Å². The lowest BCUT2D eigenvalue weighted by Crippen LogP contribution is -2.22. The third kappa shape index (κ3) is 3.71. The van der Waals surface area contributed by atoms with Gasteiger partial charge in [0.05, 0.1) is 22.9 Å². The lowest BCUT2D eigenvalue weighted by Gasteiger charge is -2.18. The van der Waals surface area contributed by atoms with Gasteiger partial charge in [-0.15, -0.1) is 11.3 Å². The average molecular weight is 390 g/mol. The number of nitrogens with zero attached hydrogens (tertiary/aromatic N) is 2. The second kappa shape index (κ2) is 6.69. The summed E-state index contributed by atoms with van der Waals surface area (Å²) in [5, 5.41) is 5.86. The molecule has 0 fully saturated rings. The highest BCUT2D eigenvalue weighted by molar-refractivity contribution is 7.89. The fourth-order valence-corrected chi connectivity index (χ4v) is 4.15. The predicted molar refractivity (Wildman–Crippen MR) is 99.2 cm³/mol. The SMILES string of the molecule is CC(C)(C)n1cc(C(=O)c2ccccc2OS(=O)(=O)c2cccs2)cn1. The second-order valence-electron chi connectivity index (χ2n) is 6.64. The Bertz CT molecular complexity index is 1030. The Kier molecular flexibility index (Phi) is 4.72. The molecule has 3 rings (SSSR count). The van der Waals surface area contributed by atoms with Crippen LogP contribution in [0.5, 0.6) is 5.75 Å². The minimum atomic E-state index is -3.98. The number of hydrogen-bond donors (Lipinski definition) is 0. The van der Waals surface area contributed by atoms with Crippen molar-refractivity contribution in [2.75, 3.05) is 0 Å². The van der Waals surface area contributed by atoms with Crippen LogP contribution in [0.15, 0.2) is 58.4 Å². The van der Waals surface area contributed by atoms with E-state index in [-0.39, 0.29) is 26.8 Å². The van der Waals surface area contributed by atoms with Crippen molar-refractivity contribution in [2.45, 2.75) is 30.5 Å². The molecule has 8 heteroatoms. The molecule has 0 aliphatic carbocycles. The highest BCUT2D eigenvalue weighted by Gasteiger charge is 2.24. The Morgan fingerprint density at radius 1 is 1.15 bits per heavy atom. The van der Waals surface area contributed by atoms with Crippen molar-refractivity contribution in [3.8, 4) is 5.75 Å². The van der Waals surface area contributed by atoms with Gasteiger partial charge in [-0.2, -0.15) is 13.5 Å². The number of rotatable bonds is 5. The van der Waals surface area contributed by atoms with Crippen LogP contribution in [-0.4, -0.2) is 24.0 Å². The van der Waals surface area contributed by atoms with Crippen molar-refractivity contribution < 1.29 is 17.4 Å². The van der Waals surface area contributed by atoms with Gasteiger partial charge in [-0.25, -0.2) is 0 Å². The highest BCUT2D eigenvalue weighted by atomic mass is 32.3. The zero-order valence-corrected chi connectivity index (χ0v) is 16.2. The zero-order valence-electron chi connectivity index (χ0n) is 14.5. The molecule has 0 radical (unpaired) electrons. The van der Waals surface area contributed by atoms with Crippen molar-refractivity contribution in [3.63, 3.8) is 0 Å². The molecule has 6 nitrogen and oxygen atoms in total. The number of aromatic nitrogens is 2. The quantitative estimate of drug-likeness (QED) is 0.490. The van der Waals surface area contributed by atoms with Gasteiger partial charge in [0, 0.05) is 6.20 Å². The van der Waals surface area contributed by atoms with Crippen molar-refractivity contribution in [1.82, 2.24) is 9.78 Å². The monoisotopic (exact) mass is 390 g/mol. The molecule has 0 amide bonds. The Balaban J connectivity index is 1.95. The number of ketones is 1. The summed E-state index contributed by atoms with van der Waals surface area (Å²) in [7, 11) is -3.98. The molecule has 0 bridgehead atoms. The van der Waals surface area contributed by atoms with E-state index in [0.29, 0.717) is 5.56 Å². The highest BCUT2D eigenvalue weighted by Crippen LogP contribution is 2.27. The van der Waals surface area contributed by atoms with Gasteiger partial charge in [0.1, 0.15) is 0 Å². The van der Waals surface area contributed by atoms with Crippen LogP contribution >= 0.6 is 11.3 Å². The van der Waals surface area contributed by atoms with E-state index in [4.69, 9.17) is 4.18 Å². The van der Waals surface area contributed by atoms with Crippen LogP contribution < -0.4 is 4.18 Å². The molecule has 0 spiro atoms. The Morgan fingerprint density at radius 2 is 1.88 bits per heavy atom. The minimum absolute atomic E-state index is 0.00518. The molecule has 0 saturated heterocycles. The average Bonchev–Trinajstić information content (AvgIpc) is 3.26. The standard InChI is InChI=1S/C18H18N2O4S2/c1-18(2,3)20-12-13(11-19-20)17(21)14-7-4-5-8-15(14)24-26(22,23)16-9-6-10-25-16/h4-12H,1-3H3. The fourth-order valence-electron chi connectivity index (χ4n) is 2.25. The van der Waals surface area contributed by atoms with Crippen molar-refractivity contribution in [2.24, 2.45) is 0 Å². The summed E-state index contributed by atoms with van der Waals surface area (Å²) < 4.78 is 31.7. The zero-order chi connectivity index (χ0) is 18.9. The van der Waals surface area contributed by atoms with E-state index in [0.717, 1.165) is 11.3 Å². The first-order valence-corrected chi connectivity index (χ1v) is 10.1. The van der Waals surface area contributed by atoms with Crippen LogP contribution in [0.25, 0.3) is 0 Å². The van der Waals surface area contributed by atoms with Crippen LogP contribution in [0.1, 0.15) is 36.7 Å². The summed E-state index contributed by atoms with van der Waals surface area (Å²) in [6.07, 6.45) is 3.12. The summed E-state index contributed by atoms with van der Waals surface area (Å²) in [4.78, 5) is 12.9. The molecular weight excluding hydrogens is 372 g/mol. The Labute approximate surface area is 156 Å². The summed E-state index contributed by atoms with van der Waals surface area (Å²) in [6.45, 7) is 5.91. The fraction of sp³-hybridized carbons (Fsp3) is 0.222. The number of benzene rings is 1. The Morgan fingerprint density at radius 3 is 2.50 bits per heavy atom. The first kappa shape index (κ1) is 18.3. The van der Waals surface area contributed by atoms with Gasteiger partial charge >= 0.3 is 10.1 Å². The third-order valence-corrected chi connectivity index (χ3v) is 6.20. The topological polar surface area (TPSA) is 78.3 Å². The lowest BCUT2D eigenvalue weighted by molar-refractivity contribution is 0.103. The van der Waals surface area contributed by atoms with Gasteiger partial charge < -0.3 is 4.18 Å². The molecule has 0 aliphatic heterocycles. The molecule has 2 heterocycles. The van der Waals surface area contributed by atoms with Crippen LogP contribution in [0.2, 0.25) is 0 Å². The van der Waals surface area contributed by atoms with Gasteiger partial charge in [-0.3, -0.25) is 9.48 Å². The van der Waals surface area contributed by atoms with Crippen molar-refractivity contribution in [3.05, 3.63) is 65.3 Å². The lowest BCUT2D eigenvalue weighted by atomic mass is 10.1. The van der Waals surface area contributed by atoms with E-state index in [2.05, 4.69) is 5.10 Å². The van der Waals surface area contributed by atoms with Gasteiger partial charge in [0.15, 0.2) is 15.7 Å². The molecule has 26 heavy (non-hydrogen) atoms. The molecule has 0 aliphatic rings. The molecule has 0 atom stereocenters. The molecule has 136 valence electrons. The van der Waals surface area contributed by atoms with E-state index in [1.54, 1.807) is 34.5 Å². The van der Waals surface area contributed by atoms with Gasteiger partial charge in [-0.05, 0) is 44.4 Å². The summed E-state index contributed by atoms with van der Waals surface area (Å²) in [6, 6.07) is 9.36. The van der Waals surface area contributed by atoms with Gasteiger partial charge in [0.25, 0.3) is 0 Å². The molecular formula is C18H18N2O4S2. The van der Waals surface area contributed by atoms with Crippen LogP contribution in [0, 0.1) is 0 Å². The molecule has 3 aromatic rings. The smallest absolute Gasteiger partial charge is 0.348 e. The van der Waals surface area contributed by atoms with Crippen molar-refractivity contribution >= 4 is 27.2 Å². The maximum atomic E-state index is 12.9. The predicted octanol–water partition coefficient (Wildman–Crippen LogP) is 3.70. The molecule has 2 aromatic heterocycles. The summed E-state index contributed by atoms with van der Waals surface area (Å²) >= 11 is 1.05. The van der Waals surface area contributed by atoms with Gasteiger partial charge in [0.2, 0.25) is 0 Å². The number of hydrogen-bond acceptors (Lipinski definition) is 6. The minimum Gasteiger partial charge on any atom is -0.378 e. The first-order valence-electron chi connectivity index (χ1n) is 7.85. The van der Waals surface area contributed by atoms with E-state index >= 15 is 0 Å². The summed E-state index contributed by atoms with van der Waals surface area (Å²) in [5.41, 5.74) is 0.266. The van der Waals surface area contributed by atoms with Crippen LogP contribution in [-0.2, 0) is 15.7 Å². The Hall–Kier alpha value is -2.45. The maximum absolute atomic E-state index is 12.9. The summed E-state index contributed by atoms with van der Waals surface area (Å²) in [5.74, 6) is -0.355. The number of carbonyl (C=O) groups is 1. The van der Waals surface area contributed by atoms with Crippen LogP contribution in [0.3, 0.4) is 0 Å². The van der Waals surface area contributed by atoms with Crippen molar-refractivity contribution in [1.29, 1.82) is 0 Å².